The highest BCUT2D eigenvalue weighted by atomic mass is 127. The van der Waals surface area contributed by atoms with Gasteiger partial charge in [-0.3, -0.25) is 0 Å². The molecule has 0 unspecified atom stereocenters. The zero-order valence-electron chi connectivity index (χ0n) is 13.9. The van der Waals surface area contributed by atoms with Crippen LogP contribution in [0.15, 0.2) is 12.7 Å². The standard InChI is InChI=1S/C18H9IN8/c1-2-7-8(3-20)9(4-21)10(19)12-11(7)26-17-15-13(22-5-24-15)14-16(18(17)27-12)25-6-23-14/h5-6H,2H2,1H3,(H,22,24)(H,23,25). The molecule has 0 aliphatic rings. The van der Waals surface area contributed by atoms with E-state index in [0.29, 0.717) is 54.2 Å². The van der Waals surface area contributed by atoms with Gasteiger partial charge in [0.15, 0.2) is 0 Å². The lowest BCUT2D eigenvalue weighted by Crippen LogP contribution is -2.03. The monoisotopic (exact) mass is 464 g/mol. The molecule has 0 amide bonds. The van der Waals surface area contributed by atoms with Gasteiger partial charge in [0.25, 0.3) is 0 Å². The van der Waals surface area contributed by atoms with E-state index in [0.717, 1.165) is 16.6 Å². The maximum Gasteiger partial charge on any atom is 0.118 e. The number of aromatic nitrogens is 6. The lowest BCUT2D eigenvalue weighted by molar-refractivity contribution is 1.13. The van der Waals surface area contributed by atoms with Crippen molar-refractivity contribution >= 4 is 66.7 Å². The van der Waals surface area contributed by atoms with E-state index in [1.807, 2.05) is 6.92 Å². The number of rotatable bonds is 1. The van der Waals surface area contributed by atoms with E-state index in [1.54, 1.807) is 12.7 Å². The molecule has 0 radical (unpaired) electrons. The number of nitriles is 2. The minimum Gasteiger partial charge on any atom is -0.343 e. The van der Waals surface area contributed by atoms with Crippen molar-refractivity contribution in [3.05, 3.63) is 32.9 Å². The molecular weight excluding hydrogens is 455 g/mol. The minimum absolute atomic E-state index is 0.347. The van der Waals surface area contributed by atoms with Crippen molar-refractivity contribution in [2.24, 2.45) is 0 Å². The summed E-state index contributed by atoms with van der Waals surface area (Å²) in [6.45, 7) is 1.94. The Labute approximate surface area is 165 Å². The van der Waals surface area contributed by atoms with E-state index < -0.39 is 0 Å². The van der Waals surface area contributed by atoms with Crippen molar-refractivity contribution in [1.29, 1.82) is 10.5 Å². The fraction of sp³-hybridized carbons (Fsp3) is 0.111. The summed E-state index contributed by atoms with van der Waals surface area (Å²) in [7, 11) is 0. The third kappa shape index (κ3) is 1.94. The van der Waals surface area contributed by atoms with Gasteiger partial charge in [0, 0.05) is 0 Å². The zero-order valence-corrected chi connectivity index (χ0v) is 16.1. The third-order valence-electron chi connectivity index (χ3n) is 4.71. The Morgan fingerprint density at radius 3 is 1.93 bits per heavy atom. The molecule has 0 fully saturated rings. The Bertz CT molecular complexity index is 1500. The summed E-state index contributed by atoms with van der Waals surface area (Å²) in [5.41, 5.74) is 6.94. The lowest BCUT2D eigenvalue weighted by Gasteiger charge is -2.12. The Kier molecular flexibility index (Phi) is 3.29. The molecule has 0 saturated carbocycles. The quantitative estimate of drug-likeness (QED) is 0.289. The van der Waals surface area contributed by atoms with Crippen molar-refractivity contribution in [1.82, 2.24) is 29.9 Å². The van der Waals surface area contributed by atoms with Crippen LogP contribution in [0.3, 0.4) is 0 Å². The number of nitrogens with zero attached hydrogens (tertiary/aromatic N) is 6. The van der Waals surface area contributed by atoms with Gasteiger partial charge in [-0.1, -0.05) is 6.92 Å². The van der Waals surface area contributed by atoms with Crippen LogP contribution in [0.4, 0.5) is 0 Å². The van der Waals surface area contributed by atoms with Gasteiger partial charge in [-0.25, -0.2) is 19.9 Å². The summed E-state index contributed by atoms with van der Waals surface area (Å²) in [6, 6.07) is 4.33. The van der Waals surface area contributed by atoms with Crippen molar-refractivity contribution in [2.45, 2.75) is 13.3 Å². The molecule has 8 nitrogen and oxygen atoms in total. The van der Waals surface area contributed by atoms with Crippen molar-refractivity contribution in [2.75, 3.05) is 0 Å². The number of hydrogen-bond acceptors (Lipinski definition) is 6. The molecule has 0 spiro atoms. The number of aromatic amines is 2. The van der Waals surface area contributed by atoms with Crippen molar-refractivity contribution < 1.29 is 0 Å². The molecule has 5 rings (SSSR count). The van der Waals surface area contributed by atoms with E-state index in [9.17, 15) is 10.5 Å². The molecule has 0 aliphatic carbocycles. The summed E-state index contributed by atoms with van der Waals surface area (Å²) in [6.07, 6.45) is 3.78. The summed E-state index contributed by atoms with van der Waals surface area (Å²) in [4.78, 5) is 24.7. The van der Waals surface area contributed by atoms with Gasteiger partial charge in [0.05, 0.1) is 43.9 Å². The number of benzene rings is 2. The van der Waals surface area contributed by atoms with Crippen molar-refractivity contribution in [3.8, 4) is 12.1 Å². The first-order valence-corrected chi connectivity index (χ1v) is 9.21. The van der Waals surface area contributed by atoms with E-state index in [2.05, 4.69) is 54.7 Å². The molecular formula is C18H9IN8. The number of fused-ring (bicyclic) bond motifs is 7. The smallest absolute Gasteiger partial charge is 0.118 e. The molecule has 2 aromatic carbocycles. The molecule has 3 heterocycles. The Morgan fingerprint density at radius 2 is 1.41 bits per heavy atom. The van der Waals surface area contributed by atoms with E-state index in [1.165, 1.54) is 0 Å². The highest BCUT2D eigenvalue weighted by molar-refractivity contribution is 14.1. The van der Waals surface area contributed by atoms with Gasteiger partial charge >= 0.3 is 0 Å². The number of nitrogens with one attached hydrogen (secondary N) is 2. The van der Waals surface area contributed by atoms with E-state index in [4.69, 9.17) is 9.97 Å². The summed E-state index contributed by atoms with van der Waals surface area (Å²) < 4.78 is 0.630. The van der Waals surface area contributed by atoms with Gasteiger partial charge in [-0.05, 0) is 34.6 Å². The molecule has 128 valence electrons. The van der Waals surface area contributed by atoms with Gasteiger partial charge in [-0.15, -0.1) is 0 Å². The lowest BCUT2D eigenvalue weighted by atomic mass is 9.98. The van der Waals surface area contributed by atoms with Crippen LogP contribution in [0.5, 0.6) is 0 Å². The number of H-pyrrole nitrogens is 2. The number of imidazole rings is 2. The maximum atomic E-state index is 9.63. The van der Waals surface area contributed by atoms with Crippen LogP contribution in [-0.4, -0.2) is 29.9 Å². The second-order valence-electron chi connectivity index (χ2n) is 5.99. The van der Waals surface area contributed by atoms with Crippen LogP contribution >= 0.6 is 22.6 Å². The summed E-state index contributed by atoms with van der Waals surface area (Å²) >= 11 is 2.07. The normalized spacial score (nSPS) is 11.4. The molecule has 3 aromatic heterocycles. The van der Waals surface area contributed by atoms with Crippen LogP contribution in [0.2, 0.25) is 0 Å². The van der Waals surface area contributed by atoms with Crippen LogP contribution in [0.25, 0.3) is 44.1 Å². The van der Waals surface area contributed by atoms with Crippen LogP contribution in [0.1, 0.15) is 23.6 Å². The molecule has 0 aliphatic heterocycles. The predicted molar refractivity (Wildman–Crippen MR) is 108 cm³/mol. The van der Waals surface area contributed by atoms with Crippen LogP contribution < -0.4 is 0 Å². The highest BCUT2D eigenvalue weighted by Gasteiger charge is 2.22. The molecule has 9 heteroatoms. The fourth-order valence-corrected chi connectivity index (χ4v) is 4.29. The van der Waals surface area contributed by atoms with Gasteiger partial charge in [0.2, 0.25) is 0 Å². The Hall–Kier alpha value is -3.31. The third-order valence-corrected chi connectivity index (χ3v) is 5.76. The minimum atomic E-state index is 0.347. The molecule has 0 atom stereocenters. The van der Waals surface area contributed by atoms with Crippen LogP contribution in [-0.2, 0) is 6.42 Å². The van der Waals surface area contributed by atoms with Gasteiger partial charge in [0.1, 0.15) is 39.7 Å². The first kappa shape index (κ1) is 15.9. The van der Waals surface area contributed by atoms with E-state index in [-0.39, 0.29) is 0 Å². The highest BCUT2D eigenvalue weighted by Crippen LogP contribution is 2.34. The maximum absolute atomic E-state index is 9.63. The van der Waals surface area contributed by atoms with Gasteiger partial charge < -0.3 is 9.97 Å². The second-order valence-corrected chi connectivity index (χ2v) is 7.07. The number of halogens is 1. The van der Waals surface area contributed by atoms with Crippen LogP contribution in [0, 0.1) is 26.2 Å². The van der Waals surface area contributed by atoms with Gasteiger partial charge in [-0.2, -0.15) is 10.5 Å². The number of hydrogen-bond donors (Lipinski definition) is 2. The predicted octanol–water partition coefficient (Wildman–Crippen LogP) is 3.45. The SMILES string of the molecule is CCc1c(C#N)c(C#N)c(I)c2nc3c(nc12)c1[nH]cnc1c1nc[nH]c13. The summed E-state index contributed by atoms with van der Waals surface area (Å²) in [5, 5.41) is 19.2. The molecule has 27 heavy (non-hydrogen) atoms. The topological polar surface area (TPSA) is 131 Å². The molecule has 5 aromatic rings. The first-order chi connectivity index (χ1) is 13.2. The molecule has 0 bridgehead atoms. The van der Waals surface area contributed by atoms with Crippen molar-refractivity contribution in [3.63, 3.8) is 0 Å². The van der Waals surface area contributed by atoms with E-state index >= 15 is 0 Å². The fourth-order valence-electron chi connectivity index (χ4n) is 3.53. The average Bonchev–Trinajstić information content (AvgIpc) is 3.36. The molecule has 0 saturated heterocycles. The first-order valence-electron chi connectivity index (χ1n) is 8.13. The zero-order chi connectivity index (χ0) is 18.7. The molecule has 2 N–H and O–H groups in total. The Morgan fingerprint density at radius 1 is 0.852 bits per heavy atom. The largest absolute Gasteiger partial charge is 0.343 e. The Balaban J connectivity index is 2.12. The summed E-state index contributed by atoms with van der Waals surface area (Å²) in [5.74, 6) is 0. The average molecular weight is 464 g/mol. The number of aryl methyl sites for hydroxylation is 1. The second kappa shape index (κ2) is 5.59.